The number of aromatic nitrogens is 1. The van der Waals surface area contributed by atoms with Crippen molar-refractivity contribution in [3.63, 3.8) is 0 Å². The van der Waals surface area contributed by atoms with Crippen LogP contribution in [-0.4, -0.2) is 36.8 Å². The molecule has 0 unspecified atom stereocenters. The van der Waals surface area contributed by atoms with Crippen LogP contribution < -0.4 is 14.3 Å². The second kappa shape index (κ2) is 7.72. The highest BCUT2D eigenvalue weighted by Gasteiger charge is 2.22. The van der Waals surface area contributed by atoms with E-state index in [-0.39, 0.29) is 18.4 Å². The minimum Gasteiger partial charge on any atom is -0.486 e. The molecule has 0 atom stereocenters. The van der Waals surface area contributed by atoms with Gasteiger partial charge >= 0.3 is 5.97 Å². The van der Waals surface area contributed by atoms with Crippen LogP contribution in [0.25, 0.3) is 10.2 Å². The Balaban J connectivity index is 1.79. The summed E-state index contributed by atoms with van der Waals surface area (Å²) in [6, 6.07) is 3.72. The van der Waals surface area contributed by atoms with Crippen LogP contribution in [0, 0.1) is 5.92 Å². The van der Waals surface area contributed by atoms with Gasteiger partial charge in [-0.3, -0.25) is 9.59 Å². The maximum absolute atomic E-state index is 12.7. The van der Waals surface area contributed by atoms with Gasteiger partial charge in [0.25, 0.3) is 5.91 Å². The summed E-state index contributed by atoms with van der Waals surface area (Å²) in [6.45, 7) is 0.980. The van der Waals surface area contributed by atoms with Crippen molar-refractivity contribution in [1.82, 2.24) is 4.57 Å². The van der Waals surface area contributed by atoms with Gasteiger partial charge in [-0.05, 0) is 12.8 Å². The number of esters is 1. The molecule has 4 rings (SSSR count). The highest BCUT2D eigenvalue weighted by molar-refractivity contribution is 7.16. The lowest BCUT2D eigenvalue weighted by Crippen LogP contribution is -2.25. The largest absolute Gasteiger partial charge is 0.486 e. The molecule has 7 nitrogen and oxygen atoms in total. The molecular weight excluding hydrogens is 368 g/mol. The molecule has 27 heavy (non-hydrogen) atoms. The number of carbonyl (C=O) groups is 2. The van der Waals surface area contributed by atoms with E-state index in [4.69, 9.17) is 14.2 Å². The molecule has 1 aliphatic carbocycles. The van der Waals surface area contributed by atoms with Crippen molar-refractivity contribution in [1.29, 1.82) is 0 Å². The van der Waals surface area contributed by atoms with Gasteiger partial charge in [0.1, 0.15) is 19.8 Å². The molecule has 1 saturated carbocycles. The zero-order chi connectivity index (χ0) is 18.8. The van der Waals surface area contributed by atoms with Crippen molar-refractivity contribution < 1.29 is 23.8 Å². The molecule has 1 aliphatic heterocycles. The van der Waals surface area contributed by atoms with Gasteiger partial charge in [-0.1, -0.05) is 30.6 Å². The molecule has 2 heterocycles. The number of fused-ring (bicyclic) bond motifs is 2. The molecule has 2 aliphatic rings. The molecule has 8 heteroatoms. The van der Waals surface area contributed by atoms with Crippen molar-refractivity contribution >= 4 is 33.4 Å². The second-order valence-electron chi connectivity index (χ2n) is 6.80. The summed E-state index contributed by atoms with van der Waals surface area (Å²) in [5.41, 5.74) is 0.782. The number of methoxy groups -OCH3 is 1. The van der Waals surface area contributed by atoms with E-state index in [2.05, 4.69) is 4.99 Å². The predicted molar refractivity (Wildman–Crippen MR) is 100.0 cm³/mol. The third-order valence-corrected chi connectivity index (χ3v) is 6.06. The topological polar surface area (TPSA) is 79.1 Å². The summed E-state index contributed by atoms with van der Waals surface area (Å²) in [5, 5.41) is 0. The molecule has 144 valence electrons. The first kappa shape index (κ1) is 18.0. The van der Waals surface area contributed by atoms with Gasteiger partial charge in [0, 0.05) is 18.1 Å². The van der Waals surface area contributed by atoms with Gasteiger partial charge in [-0.2, -0.15) is 4.99 Å². The van der Waals surface area contributed by atoms with Crippen LogP contribution in [0.15, 0.2) is 17.1 Å². The fourth-order valence-corrected chi connectivity index (χ4v) is 4.62. The number of nitrogens with zero attached hydrogens (tertiary/aromatic N) is 2. The maximum Gasteiger partial charge on any atom is 0.325 e. The molecule has 2 aromatic rings. The first-order chi connectivity index (χ1) is 13.2. The lowest BCUT2D eigenvalue weighted by Gasteiger charge is -2.18. The zero-order valence-corrected chi connectivity index (χ0v) is 16.0. The Kier molecular flexibility index (Phi) is 5.15. The number of benzene rings is 1. The van der Waals surface area contributed by atoms with Crippen molar-refractivity contribution in [3.05, 3.63) is 16.9 Å². The van der Waals surface area contributed by atoms with Crippen LogP contribution in [0.2, 0.25) is 0 Å². The number of hydrogen-bond acceptors (Lipinski definition) is 6. The number of thiazole rings is 1. The van der Waals surface area contributed by atoms with Crippen LogP contribution in [-0.2, 0) is 20.9 Å². The average molecular weight is 390 g/mol. The summed E-state index contributed by atoms with van der Waals surface area (Å²) >= 11 is 1.37. The molecule has 1 fully saturated rings. The van der Waals surface area contributed by atoms with E-state index in [9.17, 15) is 9.59 Å². The van der Waals surface area contributed by atoms with Gasteiger partial charge in [0.05, 0.1) is 17.3 Å². The standard InChI is InChI=1S/C19H22N2O5S/c1-24-17(22)11-21-13-9-14-15(26-8-7-25-14)10-16(13)27-19(21)20-18(23)12-5-3-2-4-6-12/h9-10,12H,2-8,11H2,1H3. The Labute approximate surface area is 160 Å². The fraction of sp³-hybridized carbons (Fsp3) is 0.526. The number of ether oxygens (including phenoxy) is 3. The van der Waals surface area contributed by atoms with Crippen molar-refractivity contribution in [3.8, 4) is 11.5 Å². The van der Waals surface area contributed by atoms with E-state index in [0.717, 1.165) is 35.9 Å². The van der Waals surface area contributed by atoms with E-state index < -0.39 is 5.97 Å². The van der Waals surface area contributed by atoms with E-state index in [1.165, 1.54) is 24.9 Å². The van der Waals surface area contributed by atoms with Crippen LogP contribution in [0.3, 0.4) is 0 Å². The van der Waals surface area contributed by atoms with Crippen LogP contribution in [0.1, 0.15) is 32.1 Å². The average Bonchev–Trinajstić information content (AvgIpc) is 3.02. The number of amides is 1. The molecule has 0 radical (unpaired) electrons. The SMILES string of the molecule is COC(=O)Cn1c(=NC(=O)C2CCCCC2)sc2cc3c(cc21)OCCO3. The third-order valence-electron chi connectivity index (χ3n) is 5.02. The van der Waals surface area contributed by atoms with Gasteiger partial charge in [0.15, 0.2) is 16.3 Å². The maximum atomic E-state index is 12.7. The van der Waals surface area contributed by atoms with Crippen molar-refractivity contribution in [2.45, 2.75) is 38.6 Å². The fourth-order valence-electron chi connectivity index (χ4n) is 3.57. The predicted octanol–water partition coefficient (Wildman–Crippen LogP) is 2.65. The number of carbonyl (C=O) groups excluding carboxylic acids is 2. The minimum atomic E-state index is -0.392. The van der Waals surface area contributed by atoms with Crippen molar-refractivity contribution in [2.24, 2.45) is 10.9 Å². The van der Waals surface area contributed by atoms with E-state index in [1.807, 2.05) is 12.1 Å². The highest BCUT2D eigenvalue weighted by atomic mass is 32.1. The summed E-state index contributed by atoms with van der Waals surface area (Å²) in [7, 11) is 1.35. The zero-order valence-electron chi connectivity index (χ0n) is 15.2. The van der Waals surface area contributed by atoms with Crippen LogP contribution in [0.5, 0.6) is 11.5 Å². The number of rotatable bonds is 3. The molecule has 0 bridgehead atoms. The quantitative estimate of drug-likeness (QED) is 0.753. The summed E-state index contributed by atoms with van der Waals surface area (Å²) in [6.07, 6.45) is 5.10. The van der Waals surface area contributed by atoms with Gasteiger partial charge in [-0.25, -0.2) is 0 Å². The molecule has 1 aromatic carbocycles. The van der Waals surface area contributed by atoms with Gasteiger partial charge in [-0.15, -0.1) is 0 Å². The van der Waals surface area contributed by atoms with Gasteiger partial charge < -0.3 is 18.8 Å². The highest BCUT2D eigenvalue weighted by Crippen LogP contribution is 2.35. The van der Waals surface area contributed by atoms with E-state index >= 15 is 0 Å². The third kappa shape index (κ3) is 3.71. The van der Waals surface area contributed by atoms with Crippen molar-refractivity contribution in [2.75, 3.05) is 20.3 Å². The number of hydrogen-bond donors (Lipinski definition) is 0. The first-order valence-corrected chi connectivity index (χ1v) is 10.1. The lowest BCUT2D eigenvalue weighted by molar-refractivity contribution is -0.141. The van der Waals surface area contributed by atoms with Gasteiger partial charge in [0.2, 0.25) is 0 Å². The molecule has 1 aromatic heterocycles. The summed E-state index contributed by atoms with van der Waals surface area (Å²) in [5.74, 6) is 0.796. The Hall–Kier alpha value is -2.35. The minimum absolute atomic E-state index is 0.00702. The molecule has 1 amide bonds. The Morgan fingerprint density at radius 1 is 1.19 bits per heavy atom. The van der Waals surface area contributed by atoms with Crippen LogP contribution in [0.4, 0.5) is 0 Å². The summed E-state index contributed by atoms with van der Waals surface area (Å²) in [4.78, 5) is 29.5. The smallest absolute Gasteiger partial charge is 0.325 e. The second-order valence-corrected chi connectivity index (χ2v) is 7.80. The lowest BCUT2D eigenvalue weighted by atomic mass is 9.89. The Bertz CT molecular complexity index is 939. The molecular formula is C19H22N2O5S. The first-order valence-electron chi connectivity index (χ1n) is 9.24. The Morgan fingerprint density at radius 2 is 1.89 bits per heavy atom. The molecule has 0 N–H and O–H groups in total. The monoisotopic (exact) mass is 390 g/mol. The van der Waals surface area contributed by atoms with Crippen LogP contribution >= 0.6 is 11.3 Å². The van der Waals surface area contributed by atoms with E-state index in [0.29, 0.717) is 29.5 Å². The molecule has 0 saturated heterocycles. The summed E-state index contributed by atoms with van der Waals surface area (Å²) < 4.78 is 18.7. The Morgan fingerprint density at radius 3 is 2.59 bits per heavy atom. The normalized spacial score (nSPS) is 17.9. The molecule has 0 spiro atoms. The van der Waals surface area contributed by atoms with E-state index in [1.54, 1.807) is 4.57 Å².